The summed E-state index contributed by atoms with van der Waals surface area (Å²) in [7, 11) is 0. The molecule has 0 spiro atoms. The maximum atomic E-state index is 14.0. The second kappa shape index (κ2) is 6.32. The fraction of sp³-hybridized carbons (Fsp3) is 0.571. The predicted octanol–water partition coefficient (Wildman–Crippen LogP) is 0.993. The predicted molar refractivity (Wildman–Crippen MR) is 72.8 cm³/mol. The van der Waals surface area contributed by atoms with Gasteiger partial charge < -0.3 is 15.1 Å². The molecule has 0 aliphatic carbocycles. The molecule has 0 amide bonds. The molecule has 0 unspecified atom stereocenters. The molecule has 1 aliphatic heterocycles. The zero-order valence-corrected chi connectivity index (χ0v) is 11.2. The van der Waals surface area contributed by atoms with Crippen LogP contribution in [0, 0.1) is 5.82 Å². The van der Waals surface area contributed by atoms with Crippen LogP contribution in [0.4, 0.5) is 10.1 Å². The number of halogens is 1. The van der Waals surface area contributed by atoms with Gasteiger partial charge in [0.15, 0.2) is 0 Å². The topological polar surface area (TPSA) is 46.9 Å². The summed E-state index contributed by atoms with van der Waals surface area (Å²) < 4.78 is 14.0. The molecule has 0 saturated carbocycles. The van der Waals surface area contributed by atoms with E-state index in [1.54, 1.807) is 19.1 Å². The lowest BCUT2D eigenvalue weighted by molar-refractivity contribution is 0.188. The summed E-state index contributed by atoms with van der Waals surface area (Å²) in [6.07, 6.45) is -0.648. The van der Waals surface area contributed by atoms with Gasteiger partial charge in [-0.1, -0.05) is 6.07 Å². The summed E-state index contributed by atoms with van der Waals surface area (Å²) in [4.78, 5) is 4.17. The summed E-state index contributed by atoms with van der Waals surface area (Å²) in [6, 6.07) is 4.91. The largest absolute Gasteiger partial charge is 0.395 e. The Bertz CT molecular complexity index is 418. The zero-order valence-electron chi connectivity index (χ0n) is 11.2. The van der Waals surface area contributed by atoms with Gasteiger partial charge in [0.2, 0.25) is 0 Å². The first-order valence-electron chi connectivity index (χ1n) is 6.67. The Morgan fingerprint density at radius 2 is 1.95 bits per heavy atom. The molecule has 1 heterocycles. The van der Waals surface area contributed by atoms with Crippen molar-refractivity contribution >= 4 is 5.69 Å². The van der Waals surface area contributed by atoms with Crippen LogP contribution in [0.25, 0.3) is 0 Å². The fourth-order valence-corrected chi connectivity index (χ4v) is 2.39. The Morgan fingerprint density at radius 3 is 2.47 bits per heavy atom. The first kappa shape index (κ1) is 14.2. The van der Waals surface area contributed by atoms with E-state index in [1.807, 2.05) is 4.90 Å². The smallest absolute Gasteiger partial charge is 0.146 e. The minimum atomic E-state index is -0.648. The molecule has 0 aromatic heterocycles. The van der Waals surface area contributed by atoms with E-state index in [1.165, 1.54) is 6.07 Å². The van der Waals surface area contributed by atoms with Crippen molar-refractivity contribution in [2.24, 2.45) is 0 Å². The summed E-state index contributed by atoms with van der Waals surface area (Å²) >= 11 is 0. The molecular weight excluding hydrogens is 247 g/mol. The van der Waals surface area contributed by atoms with Crippen LogP contribution in [-0.4, -0.2) is 54.4 Å². The van der Waals surface area contributed by atoms with E-state index in [0.717, 1.165) is 26.2 Å². The van der Waals surface area contributed by atoms with E-state index in [-0.39, 0.29) is 12.4 Å². The highest BCUT2D eigenvalue weighted by Gasteiger charge is 2.19. The standard InChI is InChI=1S/C14H21FN2O2/c1-11(19)12-2-3-14(13(15)10-12)17-6-4-16(5-7-17)8-9-18/h2-3,10-11,18-19H,4-9H2,1H3/t11-/m1/s1. The number of hydrogen-bond acceptors (Lipinski definition) is 4. The van der Waals surface area contributed by atoms with Gasteiger partial charge >= 0.3 is 0 Å². The molecule has 1 aromatic rings. The second-order valence-corrected chi connectivity index (χ2v) is 4.94. The maximum Gasteiger partial charge on any atom is 0.146 e. The number of piperazine rings is 1. The Labute approximate surface area is 113 Å². The van der Waals surface area contributed by atoms with Gasteiger partial charge in [-0.15, -0.1) is 0 Å². The lowest BCUT2D eigenvalue weighted by Crippen LogP contribution is -2.47. The fourth-order valence-electron chi connectivity index (χ4n) is 2.39. The average molecular weight is 268 g/mol. The van der Waals surface area contributed by atoms with Gasteiger partial charge in [-0.05, 0) is 24.6 Å². The first-order valence-corrected chi connectivity index (χ1v) is 6.67. The molecule has 1 atom stereocenters. The number of aliphatic hydroxyl groups excluding tert-OH is 2. The highest BCUT2D eigenvalue weighted by Crippen LogP contribution is 2.24. The van der Waals surface area contributed by atoms with E-state index in [9.17, 15) is 9.50 Å². The van der Waals surface area contributed by atoms with E-state index < -0.39 is 6.10 Å². The number of anilines is 1. The van der Waals surface area contributed by atoms with Gasteiger partial charge in [-0.25, -0.2) is 4.39 Å². The molecular formula is C14H21FN2O2. The normalized spacial score (nSPS) is 18.6. The van der Waals surface area contributed by atoms with Gasteiger partial charge in [-0.2, -0.15) is 0 Å². The van der Waals surface area contributed by atoms with Crippen LogP contribution in [0.1, 0.15) is 18.6 Å². The van der Waals surface area contributed by atoms with Crippen molar-refractivity contribution in [2.45, 2.75) is 13.0 Å². The summed E-state index contributed by atoms with van der Waals surface area (Å²) in [5.41, 5.74) is 1.19. The van der Waals surface area contributed by atoms with Crippen molar-refractivity contribution in [3.8, 4) is 0 Å². The first-order chi connectivity index (χ1) is 9.11. The van der Waals surface area contributed by atoms with Crippen molar-refractivity contribution in [2.75, 3.05) is 44.2 Å². The lowest BCUT2D eigenvalue weighted by Gasteiger charge is -2.36. The minimum Gasteiger partial charge on any atom is -0.395 e. The van der Waals surface area contributed by atoms with E-state index in [4.69, 9.17) is 5.11 Å². The van der Waals surface area contributed by atoms with Gasteiger partial charge in [0.25, 0.3) is 0 Å². The molecule has 1 aromatic carbocycles. The molecule has 19 heavy (non-hydrogen) atoms. The molecule has 2 rings (SSSR count). The summed E-state index contributed by atoms with van der Waals surface area (Å²) in [6.45, 7) is 5.64. The molecule has 2 N–H and O–H groups in total. The van der Waals surface area contributed by atoms with Crippen LogP contribution in [0.3, 0.4) is 0 Å². The number of aliphatic hydroxyl groups is 2. The van der Waals surface area contributed by atoms with Crippen LogP contribution in [0.2, 0.25) is 0 Å². The maximum absolute atomic E-state index is 14.0. The third kappa shape index (κ3) is 3.43. The van der Waals surface area contributed by atoms with Gasteiger partial charge in [0.05, 0.1) is 18.4 Å². The highest BCUT2D eigenvalue weighted by molar-refractivity contribution is 5.50. The second-order valence-electron chi connectivity index (χ2n) is 4.94. The number of hydrogen-bond donors (Lipinski definition) is 2. The van der Waals surface area contributed by atoms with Crippen LogP contribution in [0.5, 0.6) is 0 Å². The molecule has 1 aliphatic rings. The molecule has 1 fully saturated rings. The van der Waals surface area contributed by atoms with E-state index in [0.29, 0.717) is 17.8 Å². The van der Waals surface area contributed by atoms with Crippen molar-refractivity contribution in [1.82, 2.24) is 4.90 Å². The number of rotatable bonds is 4. The molecule has 0 bridgehead atoms. The van der Waals surface area contributed by atoms with Crippen LogP contribution in [-0.2, 0) is 0 Å². The van der Waals surface area contributed by atoms with Crippen molar-refractivity contribution < 1.29 is 14.6 Å². The Hall–Kier alpha value is -1.17. The number of nitrogens with zero attached hydrogens (tertiary/aromatic N) is 2. The Kier molecular flexibility index (Phi) is 4.74. The van der Waals surface area contributed by atoms with Crippen LogP contribution in [0.15, 0.2) is 18.2 Å². The third-order valence-electron chi connectivity index (χ3n) is 3.58. The molecule has 4 nitrogen and oxygen atoms in total. The van der Waals surface area contributed by atoms with Crippen molar-refractivity contribution in [3.05, 3.63) is 29.6 Å². The molecule has 1 saturated heterocycles. The quantitative estimate of drug-likeness (QED) is 0.855. The van der Waals surface area contributed by atoms with Crippen LogP contribution < -0.4 is 4.90 Å². The van der Waals surface area contributed by atoms with E-state index in [2.05, 4.69) is 4.90 Å². The minimum absolute atomic E-state index is 0.164. The van der Waals surface area contributed by atoms with Gasteiger partial charge in [-0.3, -0.25) is 4.90 Å². The third-order valence-corrected chi connectivity index (χ3v) is 3.58. The zero-order chi connectivity index (χ0) is 13.8. The van der Waals surface area contributed by atoms with Crippen molar-refractivity contribution in [3.63, 3.8) is 0 Å². The van der Waals surface area contributed by atoms with Crippen molar-refractivity contribution in [1.29, 1.82) is 0 Å². The summed E-state index contributed by atoms with van der Waals surface area (Å²) in [5, 5.41) is 18.3. The molecule has 0 radical (unpaired) electrons. The number of benzene rings is 1. The Balaban J connectivity index is 2.03. The lowest BCUT2D eigenvalue weighted by atomic mass is 10.1. The van der Waals surface area contributed by atoms with E-state index >= 15 is 0 Å². The average Bonchev–Trinajstić information content (AvgIpc) is 2.40. The Morgan fingerprint density at radius 1 is 1.26 bits per heavy atom. The molecule has 5 heteroatoms. The SMILES string of the molecule is C[C@@H](O)c1ccc(N2CCN(CCO)CC2)c(F)c1. The monoisotopic (exact) mass is 268 g/mol. The number of β-amino-alcohol motifs (C(OH)–C–C–N with tert-alkyl or cyclic N) is 1. The highest BCUT2D eigenvalue weighted by atomic mass is 19.1. The van der Waals surface area contributed by atoms with Gasteiger partial charge in [0.1, 0.15) is 5.82 Å². The van der Waals surface area contributed by atoms with Crippen LogP contribution >= 0.6 is 0 Å². The van der Waals surface area contributed by atoms with Gasteiger partial charge in [0, 0.05) is 32.7 Å². The molecule has 106 valence electrons. The summed E-state index contributed by atoms with van der Waals surface area (Å²) in [5.74, 6) is -0.283.